The fourth-order valence-electron chi connectivity index (χ4n) is 1.07. The van der Waals surface area contributed by atoms with Gasteiger partial charge >= 0.3 is 12.3 Å². The Hall–Kier alpha value is -1.79. The van der Waals surface area contributed by atoms with E-state index in [2.05, 4.69) is 0 Å². The van der Waals surface area contributed by atoms with E-state index in [1.165, 1.54) is 18.2 Å². The van der Waals surface area contributed by atoms with Crippen LogP contribution in [0.3, 0.4) is 0 Å². The number of hydrogen-bond donors (Lipinski definition) is 2. The molecule has 0 aliphatic rings. The molecule has 1 rings (SSSR count). The average Bonchev–Trinajstić information content (AvgIpc) is 2.26. The number of carbonyl (C=O) groups excluding carboxylic acids is 1. The van der Waals surface area contributed by atoms with Crippen molar-refractivity contribution in [3.8, 4) is 0 Å². The van der Waals surface area contributed by atoms with Gasteiger partial charge in [-0.3, -0.25) is 4.79 Å². The maximum absolute atomic E-state index is 12.5. The monoisotopic (exact) mass is 250 g/mol. The van der Waals surface area contributed by atoms with Crippen LogP contribution in [-0.4, -0.2) is 24.8 Å². The van der Waals surface area contributed by atoms with E-state index in [9.17, 15) is 22.4 Å². The number of alkyl halides is 4. The zero-order chi connectivity index (χ0) is 13.1. The molecule has 0 radical (unpaired) electrons. The van der Waals surface area contributed by atoms with Crippen molar-refractivity contribution in [2.45, 2.75) is 12.3 Å². The summed E-state index contributed by atoms with van der Waals surface area (Å²) in [6, 6.07) is 5.75. The molecule has 1 aromatic rings. The van der Waals surface area contributed by atoms with Crippen LogP contribution in [0.2, 0.25) is 0 Å². The lowest BCUT2D eigenvalue weighted by atomic mass is 10.1. The van der Waals surface area contributed by atoms with Gasteiger partial charge < -0.3 is 11.1 Å². The summed E-state index contributed by atoms with van der Waals surface area (Å²) in [6.45, 7) is -1.43. The molecule has 0 atom stereocenters. The van der Waals surface area contributed by atoms with Crippen LogP contribution >= 0.6 is 0 Å². The van der Waals surface area contributed by atoms with Gasteiger partial charge in [-0.1, -0.05) is 12.1 Å². The zero-order valence-electron chi connectivity index (χ0n) is 8.59. The number of amides is 1. The van der Waals surface area contributed by atoms with E-state index >= 15 is 0 Å². The van der Waals surface area contributed by atoms with Crippen molar-refractivity contribution >= 4 is 11.6 Å². The fraction of sp³-hybridized carbons (Fsp3) is 0.300. The summed E-state index contributed by atoms with van der Waals surface area (Å²) < 4.78 is 48.7. The molecule has 0 fully saturated rings. The van der Waals surface area contributed by atoms with E-state index in [1.54, 1.807) is 11.4 Å². The summed E-state index contributed by atoms with van der Waals surface area (Å²) >= 11 is 0. The first kappa shape index (κ1) is 13.3. The second-order valence-corrected chi connectivity index (χ2v) is 3.33. The molecule has 0 aliphatic carbocycles. The first-order valence-corrected chi connectivity index (χ1v) is 4.63. The van der Waals surface area contributed by atoms with Crippen LogP contribution in [0.5, 0.6) is 0 Å². The van der Waals surface area contributed by atoms with Gasteiger partial charge in [0.1, 0.15) is 0 Å². The average molecular weight is 250 g/mol. The van der Waals surface area contributed by atoms with Gasteiger partial charge in [-0.05, 0) is 12.1 Å². The standard InChI is InChI=1S/C10H10F4N2O/c11-9(12)10(13,14)5-16-8(17)6-3-1-2-4-7(6)15/h1-4,9H,5,15H2,(H,16,17). The molecule has 0 saturated heterocycles. The van der Waals surface area contributed by atoms with Gasteiger partial charge in [0, 0.05) is 5.69 Å². The highest BCUT2D eigenvalue weighted by molar-refractivity contribution is 5.99. The number of hydrogen-bond acceptors (Lipinski definition) is 2. The largest absolute Gasteiger partial charge is 0.398 e. The molecule has 94 valence electrons. The molecule has 17 heavy (non-hydrogen) atoms. The molecule has 0 bridgehead atoms. The summed E-state index contributed by atoms with van der Waals surface area (Å²) in [6.07, 6.45) is -3.82. The van der Waals surface area contributed by atoms with Crippen molar-refractivity contribution < 1.29 is 22.4 Å². The number of nitrogens with two attached hydrogens (primary N) is 1. The maximum Gasteiger partial charge on any atom is 0.324 e. The smallest absolute Gasteiger partial charge is 0.324 e. The number of nitrogen functional groups attached to an aromatic ring is 1. The number of halogens is 4. The minimum atomic E-state index is -4.25. The van der Waals surface area contributed by atoms with Gasteiger partial charge in [0.25, 0.3) is 5.91 Å². The molecule has 0 unspecified atom stereocenters. The Kier molecular flexibility index (Phi) is 3.93. The van der Waals surface area contributed by atoms with Gasteiger partial charge in [-0.2, -0.15) is 8.78 Å². The van der Waals surface area contributed by atoms with E-state index in [-0.39, 0.29) is 11.3 Å². The van der Waals surface area contributed by atoms with E-state index in [0.29, 0.717) is 0 Å². The number of rotatable bonds is 4. The quantitative estimate of drug-likeness (QED) is 0.633. The Morgan fingerprint density at radius 3 is 2.47 bits per heavy atom. The second kappa shape index (κ2) is 5.03. The van der Waals surface area contributed by atoms with E-state index in [4.69, 9.17) is 5.73 Å². The lowest BCUT2D eigenvalue weighted by Crippen LogP contribution is -2.41. The van der Waals surface area contributed by atoms with Crippen molar-refractivity contribution in [2.75, 3.05) is 12.3 Å². The van der Waals surface area contributed by atoms with E-state index in [1.807, 2.05) is 0 Å². The lowest BCUT2D eigenvalue weighted by molar-refractivity contribution is -0.123. The molecular formula is C10H10F4N2O. The zero-order valence-corrected chi connectivity index (χ0v) is 8.59. The number of nitrogens with one attached hydrogen (secondary N) is 1. The Bertz CT molecular complexity index is 409. The Morgan fingerprint density at radius 2 is 1.94 bits per heavy atom. The van der Waals surface area contributed by atoms with Crippen LogP contribution in [0.15, 0.2) is 24.3 Å². The summed E-state index contributed by atoms with van der Waals surface area (Å²) in [7, 11) is 0. The van der Waals surface area contributed by atoms with Gasteiger partial charge in [0.05, 0.1) is 12.1 Å². The molecule has 0 heterocycles. The SMILES string of the molecule is Nc1ccccc1C(=O)NCC(F)(F)C(F)F. The van der Waals surface area contributed by atoms with Crippen LogP contribution in [0.1, 0.15) is 10.4 Å². The Balaban J connectivity index is 2.66. The molecule has 0 saturated carbocycles. The second-order valence-electron chi connectivity index (χ2n) is 3.33. The summed E-state index contributed by atoms with van der Waals surface area (Å²) in [5.74, 6) is -5.16. The summed E-state index contributed by atoms with van der Waals surface area (Å²) in [5, 5.41) is 1.71. The van der Waals surface area contributed by atoms with E-state index in [0.717, 1.165) is 0 Å². The predicted molar refractivity (Wildman–Crippen MR) is 54.1 cm³/mol. The van der Waals surface area contributed by atoms with Gasteiger partial charge in [0.15, 0.2) is 0 Å². The molecule has 0 spiro atoms. The fourth-order valence-corrected chi connectivity index (χ4v) is 1.07. The first-order chi connectivity index (χ1) is 7.84. The molecule has 0 aliphatic heterocycles. The molecule has 0 aromatic heterocycles. The van der Waals surface area contributed by atoms with Crippen LogP contribution < -0.4 is 11.1 Å². The van der Waals surface area contributed by atoms with Crippen molar-refractivity contribution in [3.05, 3.63) is 29.8 Å². The molecule has 3 N–H and O–H groups in total. The molecule has 3 nitrogen and oxygen atoms in total. The number of para-hydroxylation sites is 1. The number of anilines is 1. The van der Waals surface area contributed by atoms with Crippen molar-refractivity contribution in [1.82, 2.24) is 5.32 Å². The van der Waals surface area contributed by atoms with Gasteiger partial charge in [0.2, 0.25) is 0 Å². The van der Waals surface area contributed by atoms with Gasteiger partial charge in [-0.15, -0.1) is 0 Å². The normalized spacial score (nSPS) is 11.6. The molecule has 1 amide bonds. The lowest BCUT2D eigenvalue weighted by Gasteiger charge is -2.16. The van der Waals surface area contributed by atoms with Crippen LogP contribution in [-0.2, 0) is 0 Å². The summed E-state index contributed by atoms with van der Waals surface area (Å²) in [4.78, 5) is 11.4. The van der Waals surface area contributed by atoms with Crippen LogP contribution in [0, 0.1) is 0 Å². The third kappa shape index (κ3) is 3.33. The third-order valence-electron chi connectivity index (χ3n) is 2.01. The molecule has 7 heteroatoms. The summed E-state index contributed by atoms with van der Waals surface area (Å²) in [5.41, 5.74) is 5.48. The van der Waals surface area contributed by atoms with Crippen molar-refractivity contribution in [1.29, 1.82) is 0 Å². The highest BCUT2D eigenvalue weighted by atomic mass is 19.3. The highest BCUT2D eigenvalue weighted by Gasteiger charge is 2.40. The number of benzene rings is 1. The number of carbonyl (C=O) groups is 1. The molecular weight excluding hydrogens is 240 g/mol. The Morgan fingerprint density at radius 1 is 1.35 bits per heavy atom. The minimum Gasteiger partial charge on any atom is -0.398 e. The van der Waals surface area contributed by atoms with E-state index < -0.39 is 24.8 Å². The van der Waals surface area contributed by atoms with Crippen LogP contribution in [0.4, 0.5) is 23.2 Å². The van der Waals surface area contributed by atoms with Crippen molar-refractivity contribution in [3.63, 3.8) is 0 Å². The topological polar surface area (TPSA) is 55.1 Å². The van der Waals surface area contributed by atoms with Crippen molar-refractivity contribution in [2.24, 2.45) is 0 Å². The highest BCUT2D eigenvalue weighted by Crippen LogP contribution is 2.21. The van der Waals surface area contributed by atoms with Gasteiger partial charge in [-0.25, -0.2) is 8.78 Å². The minimum absolute atomic E-state index is 0.0300. The predicted octanol–water partition coefficient (Wildman–Crippen LogP) is 1.90. The molecule has 1 aromatic carbocycles. The first-order valence-electron chi connectivity index (χ1n) is 4.63. The third-order valence-corrected chi connectivity index (χ3v) is 2.01. The maximum atomic E-state index is 12.5. The Labute approximate surface area is 94.6 Å². The van der Waals surface area contributed by atoms with Crippen LogP contribution in [0.25, 0.3) is 0 Å².